The van der Waals surface area contributed by atoms with Crippen LogP contribution in [0.15, 0.2) is 23.1 Å². The van der Waals surface area contributed by atoms with E-state index in [4.69, 9.17) is 4.74 Å². The Balaban J connectivity index is 1.96. The number of hydrogen-bond donors (Lipinski definition) is 1. The molecule has 0 bridgehead atoms. The van der Waals surface area contributed by atoms with Gasteiger partial charge in [0.25, 0.3) is 5.69 Å². The maximum Gasteiger partial charge on any atom is 0.270 e. The summed E-state index contributed by atoms with van der Waals surface area (Å²) in [5.41, 5.74) is 0.199. The van der Waals surface area contributed by atoms with Gasteiger partial charge in [-0.2, -0.15) is 4.31 Å². The lowest BCUT2D eigenvalue weighted by Gasteiger charge is -2.30. The van der Waals surface area contributed by atoms with E-state index < -0.39 is 14.9 Å². The van der Waals surface area contributed by atoms with Crippen molar-refractivity contribution in [3.05, 3.63) is 33.9 Å². The molecule has 0 atom stereocenters. The average molecular weight is 413 g/mol. The molecule has 1 aliphatic heterocycles. The van der Waals surface area contributed by atoms with Gasteiger partial charge in [0.15, 0.2) is 0 Å². The van der Waals surface area contributed by atoms with Crippen molar-refractivity contribution in [2.24, 2.45) is 5.92 Å². The molecule has 1 aromatic carbocycles. The van der Waals surface area contributed by atoms with E-state index in [1.165, 1.54) is 16.4 Å². The Morgan fingerprint density at radius 3 is 2.64 bits per heavy atom. The zero-order chi connectivity index (χ0) is 20.7. The fourth-order valence-electron chi connectivity index (χ4n) is 3.15. The number of piperidine rings is 1. The van der Waals surface area contributed by atoms with Gasteiger partial charge in [-0.1, -0.05) is 6.07 Å². The molecule has 1 aliphatic rings. The lowest BCUT2D eigenvalue weighted by atomic mass is 9.97. The Bertz CT molecular complexity index is 804. The molecule has 1 amide bonds. The molecule has 10 heteroatoms. The SMILES string of the molecule is CCOCCCNC(=O)C1CCN(S(=O)(=O)c2cc([N+](=O)[O-])ccc2C)CC1. The number of nitro benzene ring substituents is 1. The number of ether oxygens (including phenoxy) is 1. The molecule has 1 aromatic rings. The molecule has 1 saturated heterocycles. The van der Waals surface area contributed by atoms with Crippen LogP contribution in [0.2, 0.25) is 0 Å². The fourth-order valence-corrected chi connectivity index (χ4v) is 4.87. The summed E-state index contributed by atoms with van der Waals surface area (Å²) in [6.07, 6.45) is 1.58. The standard InChI is InChI=1S/C18H27N3O6S/c1-3-27-12-4-9-19-18(22)15-7-10-20(11-8-15)28(25,26)17-13-16(21(23)24)6-5-14(17)2/h5-6,13,15H,3-4,7-12H2,1-2H3,(H,19,22). The van der Waals surface area contributed by atoms with Crippen molar-refractivity contribution < 1.29 is 22.9 Å². The molecule has 2 rings (SSSR count). The summed E-state index contributed by atoms with van der Waals surface area (Å²) in [6.45, 7) is 5.71. The van der Waals surface area contributed by atoms with Crippen molar-refractivity contribution in [3.63, 3.8) is 0 Å². The van der Waals surface area contributed by atoms with E-state index >= 15 is 0 Å². The van der Waals surface area contributed by atoms with Crippen molar-refractivity contribution in [2.75, 3.05) is 32.8 Å². The van der Waals surface area contributed by atoms with Crippen LogP contribution in [-0.4, -0.2) is 56.4 Å². The number of hydrogen-bond acceptors (Lipinski definition) is 6. The van der Waals surface area contributed by atoms with Crippen molar-refractivity contribution in [1.29, 1.82) is 0 Å². The van der Waals surface area contributed by atoms with Crippen molar-refractivity contribution in [1.82, 2.24) is 9.62 Å². The van der Waals surface area contributed by atoms with E-state index in [1.807, 2.05) is 6.92 Å². The van der Waals surface area contributed by atoms with Gasteiger partial charge in [0, 0.05) is 50.9 Å². The number of amides is 1. The first-order chi connectivity index (χ1) is 13.3. The van der Waals surface area contributed by atoms with Gasteiger partial charge in [0.1, 0.15) is 0 Å². The second-order valence-electron chi connectivity index (χ2n) is 6.73. The molecule has 1 heterocycles. The minimum atomic E-state index is -3.84. The quantitative estimate of drug-likeness (QED) is 0.375. The Labute approximate surface area is 165 Å². The maximum absolute atomic E-state index is 12.9. The number of nitro groups is 1. The zero-order valence-corrected chi connectivity index (χ0v) is 17.0. The molecule has 28 heavy (non-hydrogen) atoms. The molecular formula is C18H27N3O6S. The van der Waals surface area contributed by atoms with E-state index in [2.05, 4.69) is 5.32 Å². The predicted octanol–water partition coefficient (Wildman–Crippen LogP) is 1.85. The highest BCUT2D eigenvalue weighted by Gasteiger charge is 2.33. The third-order valence-electron chi connectivity index (χ3n) is 4.79. The van der Waals surface area contributed by atoms with Gasteiger partial charge in [0.2, 0.25) is 15.9 Å². The van der Waals surface area contributed by atoms with E-state index in [1.54, 1.807) is 6.92 Å². The topological polar surface area (TPSA) is 119 Å². The van der Waals surface area contributed by atoms with Crippen LogP contribution in [0.1, 0.15) is 31.7 Å². The zero-order valence-electron chi connectivity index (χ0n) is 16.2. The van der Waals surface area contributed by atoms with E-state index in [9.17, 15) is 23.3 Å². The van der Waals surface area contributed by atoms with Crippen LogP contribution in [-0.2, 0) is 19.6 Å². The van der Waals surface area contributed by atoms with E-state index in [-0.39, 0.29) is 35.5 Å². The van der Waals surface area contributed by atoms with Gasteiger partial charge >= 0.3 is 0 Å². The second-order valence-corrected chi connectivity index (χ2v) is 8.63. The first-order valence-electron chi connectivity index (χ1n) is 9.38. The number of sulfonamides is 1. The smallest absolute Gasteiger partial charge is 0.270 e. The van der Waals surface area contributed by atoms with Gasteiger partial charge in [-0.25, -0.2) is 8.42 Å². The minimum Gasteiger partial charge on any atom is -0.382 e. The monoisotopic (exact) mass is 413 g/mol. The molecular weight excluding hydrogens is 386 g/mol. The Hall–Kier alpha value is -2.04. The molecule has 0 unspecified atom stereocenters. The number of benzene rings is 1. The van der Waals surface area contributed by atoms with Crippen LogP contribution in [0.5, 0.6) is 0 Å². The predicted molar refractivity (Wildman–Crippen MR) is 103 cm³/mol. The largest absolute Gasteiger partial charge is 0.382 e. The number of rotatable bonds is 9. The number of nitrogens with one attached hydrogen (secondary N) is 1. The highest BCUT2D eigenvalue weighted by molar-refractivity contribution is 7.89. The van der Waals surface area contributed by atoms with E-state index in [0.29, 0.717) is 38.2 Å². The third kappa shape index (κ3) is 5.49. The molecule has 1 N–H and O–H groups in total. The lowest BCUT2D eigenvalue weighted by molar-refractivity contribution is -0.385. The number of nitrogens with zero attached hydrogens (tertiary/aromatic N) is 2. The molecule has 0 aromatic heterocycles. The van der Waals surface area contributed by atoms with Crippen LogP contribution >= 0.6 is 0 Å². The first-order valence-corrected chi connectivity index (χ1v) is 10.8. The van der Waals surface area contributed by atoms with Gasteiger partial charge in [-0.05, 0) is 38.7 Å². The van der Waals surface area contributed by atoms with Crippen LogP contribution in [0.4, 0.5) is 5.69 Å². The third-order valence-corrected chi connectivity index (χ3v) is 6.83. The van der Waals surface area contributed by atoms with Crippen LogP contribution in [0, 0.1) is 23.0 Å². The summed E-state index contributed by atoms with van der Waals surface area (Å²) >= 11 is 0. The number of aryl methyl sites for hydroxylation is 1. The normalized spacial score (nSPS) is 16.1. The molecule has 0 radical (unpaired) electrons. The summed E-state index contributed by atoms with van der Waals surface area (Å²) in [6, 6.07) is 3.83. The number of carbonyl (C=O) groups is 1. The number of non-ortho nitro benzene ring substituents is 1. The van der Waals surface area contributed by atoms with Crippen LogP contribution < -0.4 is 5.32 Å². The maximum atomic E-state index is 12.9. The summed E-state index contributed by atoms with van der Waals surface area (Å²) in [7, 11) is -3.84. The average Bonchev–Trinajstić information content (AvgIpc) is 2.67. The number of carbonyl (C=O) groups excluding carboxylic acids is 1. The molecule has 1 fully saturated rings. The highest BCUT2D eigenvalue weighted by atomic mass is 32.2. The molecule has 0 saturated carbocycles. The Kier molecular flexibility index (Phi) is 7.90. The Morgan fingerprint density at radius 1 is 1.36 bits per heavy atom. The fraction of sp³-hybridized carbons (Fsp3) is 0.611. The summed E-state index contributed by atoms with van der Waals surface area (Å²) in [5.74, 6) is -0.301. The summed E-state index contributed by atoms with van der Waals surface area (Å²) < 4.78 is 32.4. The van der Waals surface area contributed by atoms with Gasteiger partial charge in [-0.15, -0.1) is 0 Å². The molecule has 9 nitrogen and oxygen atoms in total. The second kappa shape index (κ2) is 9.94. The van der Waals surface area contributed by atoms with Crippen molar-refractivity contribution in [3.8, 4) is 0 Å². The van der Waals surface area contributed by atoms with Crippen molar-refractivity contribution in [2.45, 2.75) is 38.0 Å². The van der Waals surface area contributed by atoms with Gasteiger partial charge < -0.3 is 10.1 Å². The van der Waals surface area contributed by atoms with Crippen LogP contribution in [0.3, 0.4) is 0 Å². The molecule has 0 spiro atoms. The summed E-state index contributed by atoms with van der Waals surface area (Å²) in [5, 5.41) is 13.8. The van der Waals surface area contributed by atoms with Gasteiger partial charge in [0.05, 0.1) is 9.82 Å². The van der Waals surface area contributed by atoms with E-state index in [0.717, 1.165) is 12.5 Å². The Morgan fingerprint density at radius 2 is 2.04 bits per heavy atom. The molecule has 156 valence electrons. The highest BCUT2D eigenvalue weighted by Crippen LogP contribution is 2.28. The summed E-state index contributed by atoms with van der Waals surface area (Å²) in [4.78, 5) is 22.5. The minimum absolute atomic E-state index is 0.0551. The molecule has 0 aliphatic carbocycles. The van der Waals surface area contributed by atoms with Gasteiger partial charge in [-0.3, -0.25) is 14.9 Å². The van der Waals surface area contributed by atoms with Crippen LogP contribution in [0.25, 0.3) is 0 Å². The van der Waals surface area contributed by atoms with Crippen molar-refractivity contribution >= 4 is 21.6 Å². The lowest BCUT2D eigenvalue weighted by Crippen LogP contribution is -2.43. The first kappa shape index (κ1) is 22.3.